The molecule has 172 valence electrons. The van der Waals surface area contributed by atoms with Crippen LogP contribution in [0.25, 0.3) is 16.8 Å². The predicted octanol–water partition coefficient (Wildman–Crippen LogP) is 3.69. The summed E-state index contributed by atoms with van der Waals surface area (Å²) in [7, 11) is 0. The summed E-state index contributed by atoms with van der Waals surface area (Å²) in [6, 6.07) is 14.1. The Kier molecular flexibility index (Phi) is 6.03. The molecular formula is C26H27N7O. The molecule has 0 N–H and O–H groups in total. The molecule has 2 aromatic carbocycles. The fraction of sp³-hybridized carbons (Fsp3) is 0.269. The van der Waals surface area contributed by atoms with Crippen molar-refractivity contribution in [3.63, 3.8) is 0 Å². The maximum atomic E-state index is 13.5. The van der Waals surface area contributed by atoms with Crippen LogP contribution in [0.15, 0.2) is 67.3 Å². The van der Waals surface area contributed by atoms with E-state index in [4.69, 9.17) is 0 Å². The van der Waals surface area contributed by atoms with Crippen molar-refractivity contribution >= 4 is 11.9 Å². The zero-order valence-corrected chi connectivity index (χ0v) is 19.4. The fourth-order valence-corrected chi connectivity index (χ4v) is 4.21. The summed E-state index contributed by atoms with van der Waals surface area (Å²) in [5.41, 5.74) is 5.65. The number of carbonyl (C=O) groups is 1. The number of hydrogen-bond donors (Lipinski definition) is 0. The minimum Gasteiger partial charge on any atom is -0.339 e. The van der Waals surface area contributed by atoms with Crippen LogP contribution < -0.4 is 4.90 Å². The van der Waals surface area contributed by atoms with Crippen molar-refractivity contribution in [2.45, 2.75) is 20.3 Å². The van der Waals surface area contributed by atoms with Crippen LogP contribution in [-0.2, 0) is 0 Å². The summed E-state index contributed by atoms with van der Waals surface area (Å²) in [5.74, 6) is 0.690. The Hall–Kier alpha value is -4.07. The lowest BCUT2D eigenvalue weighted by molar-refractivity contribution is 0.0766. The highest BCUT2D eigenvalue weighted by Crippen LogP contribution is 2.22. The Morgan fingerprint density at radius 3 is 2.24 bits per heavy atom. The molecule has 8 heteroatoms. The number of rotatable bonds is 4. The van der Waals surface area contributed by atoms with Gasteiger partial charge in [-0.15, -0.1) is 0 Å². The summed E-state index contributed by atoms with van der Waals surface area (Å²) >= 11 is 0. The smallest absolute Gasteiger partial charge is 0.256 e. The summed E-state index contributed by atoms with van der Waals surface area (Å²) < 4.78 is 0. The molecule has 0 aliphatic carbocycles. The first-order chi connectivity index (χ1) is 16.6. The Labute approximate surface area is 198 Å². The number of aromatic nitrogens is 5. The molecule has 1 fully saturated rings. The quantitative estimate of drug-likeness (QED) is 0.469. The molecule has 0 radical (unpaired) electrons. The Morgan fingerprint density at radius 1 is 0.794 bits per heavy atom. The third kappa shape index (κ3) is 4.52. The van der Waals surface area contributed by atoms with Crippen molar-refractivity contribution in [2.24, 2.45) is 0 Å². The van der Waals surface area contributed by atoms with Gasteiger partial charge in [0.1, 0.15) is 0 Å². The molecule has 0 saturated carbocycles. The van der Waals surface area contributed by atoms with Crippen LogP contribution in [0.4, 0.5) is 5.95 Å². The summed E-state index contributed by atoms with van der Waals surface area (Å²) in [4.78, 5) is 28.3. The molecule has 8 nitrogen and oxygen atoms in total. The molecule has 0 unspecified atom stereocenters. The molecule has 34 heavy (non-hydrogen) atoms. The second-order valence-corrected chi connectivity index (χ2v) is 8.61. The average molecular weight is 454 g/mol. The molecule has 3 heterocycles. The lowest BCUT2D eigenvalue weighted by Crippen LogP contribution is -2.36. The van der Waals surface area contributed by atoms with Crippen LogP contribution >= 0.6 is 0 Å². The minimum absolute atomic E-state index is 0.00603. The molecular weight excluding hydrogens is 426 g/mol. The third-order valence-electron chi connectivity index (χ3n) is 6.11. The normalized spacial score (nSPS) is 14.2. The van der Waals surface area contributed by atoms with Crippen LogP contribution in [0.1, 0.15) is 27.9 Å². The number of benzene rings is 2. The number of nitrogens with zero attached hydrogens (tertiary/aromatic N) is 7. The first-order valence-electron chi connectivity index (χ1n) is 11.5. The summed E-state index contributed by atoms with van der Waals surface area (Å²) in [6.07, 6.45) is 7.81. The van der Waals surface area contributed by atoms with E-state index in [9.17, 15) is 4.79 Å². The van der Waals surface area contributed by atoms with Crippen LogP contribution in [0.3, 0.4) is 0 Å². The molecule has 0 atom stereocenters. The molecule has 1 aliphatic heterocycles. The van der Waals surface area contributed by atoms with E-state index in [1.165, 1.54) is 10.4 Å². The standard InChI is InChI=1S/C26H27N7O/c1-19-4-7-21(8-5-19)22-17-27-26(28-18-22)32-13-3-12-31(14-15-32)25(34)23-16-20(2)6-9-24(23)33-29-10-11-30-33/h4-11,16-18H,3,12-15H2,1-2H3. The van der Waals surface area contributed by atoms with Crippen molar-refractivity contribution in [1.29, 1.82) is 0 Å². The lowest BCUT2D eigenvalue weighted by atomic mass is 10.1. The minimum atomic E-state index is -0.00603. The molecule has 2 aromatic heterocycles. The van der Waals surface area contributed by atoms with Gasteiger partial charge in [-0.05, 0) is 38.0 Å². The zero-order valence-electron chi connectivity index (χ0n) is 19.4. The van der Waals surface area contributed by atoms with Gasteiger partial charge in [-0.3, -0.25) is 4.79 Å². The SMILES string of the molecule is Cc1ccc(-c2cnc(N3CCCN(C(=O)c4cc(C)ccc4-n4nccn4)CC3)nc2)cc1. The lowest BCUT2D eigenvalue weighted by Gasteiger charge is -2.23. The number of aryl methyl sites for hydroxylation is 2. The van der Waals surface area contributed by atoms with Crippen LogP contribution in [0, 0.1) is 13.8 Å². The van der Waals surface area contributed by atoms with Crippen molar-refractivity contribution in [3.8, 4) is 16.8 Å². The fourth-order valence-electron chi connectivity index (χ4n) is 4.21. The van der Waals surface area contributed by atoms with Crippen LogP contribution in [0.2, 0.25) is 0 Å². The number of anilines is 1. The van der Waals surface area contributed by atoms with Gasteiger partial charge in [0.15, 0.2) is 0 Å². The maximum absolute atomic E-state index is 13.5. The van der Waals surface area contributed by atoms with Crippen molar-refractivity contribution < 1.29 is 4.79 Å². The molecule has 1 saturated heterocycles. The first kappa shape index (κ1) is 21.8. The molecule has 0 bridgehead atoms. The van der Waals surface area contributed by atoms with Gasteiger partial charge in [-0.1, -0.05) is 41.5 Å². The van der Waals surface area contributed by atoms with E-state index in [0.29, 0.717) is 36.8 Å². The number of carbonyl (C=O) groups excluding carboxylic acids is 1. The summed E-state index contributed by atoms with van der Waals surface area (Å²) in [6.45, 7) is 6.81. The van der Waals surface area contributed by atoms with Crippen molar-refractivity contribution in [1.82, 2.24) is 29.9 Å². The van der Waals surface area contributed by atoms with Crippen LogP contribution in [-0.4, -0.2) is 61.9 Å². The van der Waals surface area contributed by atoms with Gasteiger partial charge in [0.25, 0.3) is 5.91 Å². The maximum Gasteiger partial charge on any atom is 0.256 e. The van der Waals surface area contributed by atoms with Gasteiger partial charge in [0.2, 0.25) is 5.95 Å². The Balaban J connectivity index is 1.30. The van der Waals surface area contributed by atoms with E-state index in [1.54, 1.807) is 12.4 Å². The van der Waals surface area contributed by atoms with Crippen molar-refractivity contribution in [3.05, 3.63) is 83.9 Å². The van der Waals surface area contributed by atoms with Gasteiger partial charge in [-0.25, -0.2) is 9.97 Å². The van der Waals surface area contributed by atoms with Gasteiger partial charge in [0.05, 0.1) is 23.6 Å². The topological polar surface area (TPSA) is 80.0 Å². The van der Waals surface area contributed by atoms with E-state index in [1.807, 2.05) is 42.4 Å². The molecule has 4 aromatic rings. The Morgan fingerprint density at radius 2 is 1.50 bits per heavy atom. The zero-order chi connectivity index (χ0) is 23.5. The van der Waals surface area contributed by atoms with Gasteiger partial charge in [-0.2, -0.15) is 15.0 Å². The molecule has 5 rings (SSSR count). The molecule has 0 spiro atoms. The second-order valence-electron chi connectivity index (χ2n) is 8.61. The number of amides is 1. The second kappa shape index (κ2) is 9.43. The van der Waals surface area contributed by atoms with Gasteiger partial charge >= 0.3 is 0 Å². The molecule has 1 aliphatic rings. The van der Waals surface area contributed by atoms with Gasteiger partial charge < -0.3 is 9.80 Å². The highest BCUT2D eigenvalue weighted by atomic mass is 16.2. The molecule has 1 amide bonds. The van der Waals surface area contributed by atoms with E-state index >= 15 is 0 Å². The van der Waals surface area contributed by atoms with E-state index in [2.05, 4.69) is 56.3 Å². The van der Waals surface area contributed by atoms with Crippen molar-refractivity contribution in [2.75, 3.05) is 31.1 Å². The first-order valence-corrected chi connectivity index (χ1v) is 11.5. The third-order valence-corrected chi connectivity index (χ3v) is 6.11. The highest BCUT2D eigenvalue weighted by molar-refractivity contribution is 5.98. The van der Waals surface area contributed by atoms with E-state index in [0.717, 1.165) is 29.7 Å². The highest BCUT2D eigenvalue weighted by Gasteiger charge is 2.24. The van der Waals surface area contributed by atoms with Gasteiger partial charge in [0, 0.05) is 44.1 Å². The van der Waals surface area contributed by atoms with E-state index < -0.39 is 0 Å². The monoisotopic (exact) mass is 453 g/mol. The number of hydrogen-bond acceptors (Lipinski definition) is 6. The van der Waals surface area contributed by atoms with E-state index in [-0.39, 0.29) is 5.91 Å². The average Bonchev–Trinajstić information content (AvgIpc) is 3.28. The van der Waals surface area contributed by atoms with Crippen LogP contribution in [0.5, 0.6) is 0 Å². The largest absolute Gasteiger partial charge is 0.339 e. The summed E-state index contributed by atoms with van der Waals surface area (Å²) in [5, 5.41) is 8.44. The Bertz CT molecular complexity index is 1270. The predicted molar refractivity (Wildman–Crippen MR) is 131 cm³/mol.